The fourth-order valence-corrected chi connectivity index (χ4v) is 4.18. The summed E-state index contributed by atoms with van der Waals surface area (Å²) in [5.41, 5.74) is 1.63. The molecule has 0 saturated carbocycles. The number of para-hydroxylation sites is 1. The zero-order valence-corrected chi connectivity index (χ0v) is 17.5. The Morgan fingerprint density at radius 1 is 1.28 bits per heavy atom. The van der Waals surface area contributed by atoms with Crippen molar-refractivity contribution in [3.05, 3.63) is 81.2 Å². The molecule has 0 radical (unpaired) electrons. The third-order valence-electron chi connectivity index (χ3n) is 5.71. The Hall–Kier alpha value is -4.14. The SMILES string of the molecule is COc1ccc2[nH]cc(CCN3C(=O)C(O)=C(C(C)=O)[C@@H]3c3ccccc3[N+](=O)[O-])c2c1. The molecule has 0 spiro atoms. The average Bonchev–Trinajstić information content (AvgIpc) is 3.30. The fraction of sp³-hybridized carbons (Fsp3) is 0.217. The molecule has 0 fully saturated rings. The summed E-state index contributed by atoms with van der Waals surface area (Å²) in [6.07, 6.45) is 2.22. The molecular weight excluding hydrogens is 414 g/mol. The van der Waals surface area contributed by atoms with Crippen LogP contribution in [0.5, 0.6) is 5.75 Å². The normalized spacial score (nSPS) is 16.1. The minimum Gasteiger partial charge on any atom is -0.503 e. The highest BCUT2D eigenvalue weighted by atomic mass is 16.6. The second kappa shape index (κ2) is 8.18. The van der Waals surface area contributed by atoms with Crippen molar-refractivity contribution >= 4 is 28.3 Å². The molecule has 2 N–H and O–H groups in total. The number of nitrogens with one attached hydrogen (secondary N) is 1. The number of fused-ring (bicyclic) bond motifs is 1. The van der Waals surface area contributed by atoms with Gasteiger partial charge in [-0.15, -0.1) is 0 Å². The number of rotatable bonds is 7. The van der Waals surface area contributed by atoms with E-state index in [0.29, 0.717) is 12.2 Å². The van der Waals surface area contributed by atoms with Crippen molar-refractivity contribution in [3.63, 3.8) is 0 Å². The van der Waals surface area contributed by atoms with Gasteiger partial charge in [-0.25, -0.2) is 0 Å². The van der Waals surface area contributed by atoms with Gasteiger partial charge in [-0.3, -0.25) is 19.7 Å². The predicted octanol–water partition coefficient (Wildman–Crippen LogP) is 3.61. The Morgan fingerprint density at radius 3 is 2.72 bits per heavy atom. The van der Waals surface area contributed by atoms with E-state index in [4.69, 9.17) is 4.74 Å². The molecule has 2 aromatic carbocycles. The smallest absolute Gasteiger partial charge is 0.290 e. The van der Waals surface area contributed by atoms with Crippen LogP contribution >= 0.6 is 0 Å². The molecule has 1 aliphatic heterocycles. The molecule has 32 heavy (non-hydrogen) atoms. The first-order valence-corrected chi connectivity index (χ1v) is 9.95. The third kappa shape index (κ3) is 3.47. The lowest BCUT2D eigenvalue weighted by atomic mass is 9.95. The maximum Gasteiger partial charge on any atom is 0.290 e. The number of ether oxygens (including phenoxy) is 1. The van der Waals surface area contributed by atoms with Gasteiger partial charge in [0.1, 0.15) is 5.75 Å². The molecular formula is C23H21N3O6. The summed E-state index contributed by atoms with van der Waals surface area (Å²) >= 11 is 0. The second-order valence-corrected chi connectivity index (χ2v) is 7.51. The number of nitro benzene ring substituents is 1. The van der Waals surface area contributed by atoms with Gasteiger partial charge in [0.25, 0.3) is 11.6 Å². The van der Waals surface area contributed by atoms with Crippen LogP contribution in [0.15, 0.2) is 60.0 Å². The lowest BCUT2D eigenvalue weighted by Crippen LogP contribution is -2.33. The number of methoxy groups -OCH3 is 1. The van der Waals surface area contributed by atoms with Crippen molar-refractivity contribution in [2.45, 2.75) is 19.4 Å². The average molecular weight is 435 g/mol. The summed E-state index contributed by atoms with van der Waals surface area (Å²) in [4.78, 5) is 40.7. The highest BCUT2D eigenvalue weighted by molar-refractivity contribution is 6.08. The number of aromatic amines is 1. The predicted molar refractivity (Wildman–Crippen MR) is 116 cm³/mol. The first-order chi connectivity index (χ1) is 15.3. The number of Topliss-reactive ketones (excluding diaryl/α,β-unsaturated/α-hetero) is 1. The Kier molecular flexibility index (Phi) is 5.40. The van der Waals surface area contributed by atoms with Crippen LogP contribution in [0, 0.1) is 10.1 Å². The molecule has 9 heteroatoms. The number of nitro groups is 1. The fourth-order valence-electron chi connectivity index (χ4n) is 4.18. The summed E-state index contributed by atoms with van der Waals surface area (Å²) in [5.74, 6) is -1.22. The van der Waals surface area contributed by atoms with Gasteiger partial charge in [0.15, 0.2) is 11.5 Å². The molecule has 4 rings (SSSR count). The van der Waals surface area contributed by atoms with E-state index in [1.54, 1.807) is 13.2 Å². The zero-order valence-electron chi connectivity index (χ0n) is 17.5. The van der Waals surface area contributed by atoms with E-state index in [1.165, 1.54) is 30.0 Å². The number of ketones is 1. The lowest BCUT2D eigenvalue weighted by molar-refractivity contribution is -0.385. The molecule has 2 heterocycles. The van der Waals surface area contributed by atoms with Gasteiger partial charge in [0, 0.05) is 29.7 Å². The number of carbonyl (C=O) groups excluding carboxylic acids is 2. The minimum absolute atomic E-state index is 0.134. The minimum atomic E-state index is -1.04. The van der Waals surface area contributed by atoms with Crippen LogP contribution in [0.3, 0.4) is 0 Å². The molecule has 0 aliphatic carbocycles. The summed E-state index contributed by atoms with van der Waals surface area (Å²) in [7, 11) is 1.57. The quantitative estimate of drug-likeness (QED) is 0.431. The van der Waals surface area contributed by atoms with Gasteiger partial charge in [-0.05, 0) is 43.2 Å². The van der Waals surface area contributed by atoms with E-state index in [9.17, 15) is 24.8 Å². The largest absolute Gasteiger partial charge is 0.503 e. The molecule has 164 valence electrons. The molecule has 9 nitrogen and oxygen atoms in total. The van der Waals surface area contributed by atoms with Gasteiger partial charge >= 0.3 is 0 Å². The molecule has 0 saturated heterocycles. The number of amides is 1. The van der Waals surface area contributed by atoms with Crippen LogP contribution in [-0.4, -0.2) is 45.3 Å². The van der Waals surface area contributed by atoms with Gasteiger partial charge in [0.2, 0.25) is 0 Å². The van der Waals surface area contributed by atoms with Crippen LogP contribution in [0.25, 0.3) is 10.9 Å². The number of nitrogens with zero attached hydrogens (tertiary/aromatic N) is 2. The molecule has 0 unspecified atom stereocenters. The van der Waals surface area contributed by atoms with Crippen molar-refractivity contribution in [1.29, 1.82) is 0 Å². The van der Waals surface area contributed by atoms with E-state index >= 15 is 0 Å². The summed E-state index contributed by atoms with van der Waals surface area (Å²) < 4.78 is 5.29. The standard InChI is InChI=1S/C23H21N3O6/c1-13(27)20-21(16-5-3-4-6-19(16)26(30)31)25(23(29)22(20)28)10-9-14-12-24-18-8-7-15(32-2)11-17(14)18/h3-8,11-12,21,24,28H,9-10H2,1-2H3/t21-/m0/s1. The number of H-pyrrole nitrogens is 1. The van der Waals surface area contributed by atoms with Gasteiger partial charge in [0.05, 0.1) is 29.2 Å². The van der Waals surface area contributed by atoms with E-state index in [1.807, 2.05) is 24.4 Å². The highest BCUT2D eigenvalue weighted by Crippen LogP contribution is 2.41. The van der Waals surface area contributed by atoms with Crippen molar-refractivity contribution in [1.82, 2.24) is 9.88 Å². The van der Waals surface area contributed by atoms with E-state index in [0.717, 1.165) is 16.5 Å². The van der Waals surface area contributed by atoms with E-state index in [2.05, 4.69) is 4.98 Å². The summed E-state index contributed by atoms with van der Waals surface area (Å²) in [6.45, 7) is 1.37. The van der Waals surface area contributed by atoms with Gasteiger partial charge in [-0.2, -0.15) is 0 Å². The van der Waals surface area contributed by atoms with Crippen LogP contribution in [-0.2, 0) is 16.0 Å². The zero-order chi connectivity index (χ0) is 23.0. The highest BCUT2D eigenvalue weighted by Gasteiger charge is 2.44. The van der Waals surface area contributed by atoms with Crippen molar-refractivity contribution < 1.29 is 24.4 Å². The van der Waals surface area contributed by atoms with Crippen LogP contribution < -0.4 is 4.74 Å². The number of aliphatic hydroxyl groups is 1. The third-order valence-corrected chi connectivity index (χ3v) is 5.71. The maximum atomic E-state index is 12.9. The summed E-state index contributed by atoms with van der Waals surface area (Å²) in [5, 5.41) is 22.9. The van der Waals surface area contributed by atoms with Gasteiger partial charge < -0.3 is 19.7 Å². The number of hydrogen-bond acceptors (Lipinski definition) is 6. The Morgan fingerprint density at radius 2 is 2.03 bits per heavy atom. The maximum absolute atomic E-state index is 12.9. The topological polar surface area (TPSA) is 126 Å². The van der Waals surface area contributed by atoms with Gasteiger partial charge in [-0.1, -0.05) is 12.1 Å². The van der Waals surface area contributed by atoms with Crippen molar-refractivity contribution in [2.75, 3.05) is 13.7 Å². The van der Waals surface area contributed by atoms with E-state index < -0.39 is 28.4 Å². The van der Waals surface area contributed by atoms with Crippen LogP contribution in [0.4, 0.5) is 5.69 Å². The van der Waals surface area contributed by atoms with Crippen LogP contribution in [0.2, 0.25) is 0 Å². The Labute approximate surface area is 183 Å². The van der Waals surface area contributed by atoms with Crippen LogP contribution in [0.1, 0.15) is 24.1 Å². The number of benzene rings is 2. The lowest BCUT2D eigenvalue weighted by Gasteiger charge is -2.26. The number of hydrogen-bond donors (Lipinski definition) is 2. The Bertz CT molecular complexity index is 1280. The molecule has 1 amide bonds. The van der Waals surface area contributed by atoms with Crippen molar-refractivity contribution in [3.8, 4) is 5.75 Å². The second-order valence-electron chi connectivity index (χ2n) is 7.51. The molecule has 1 aliphatic rings. The molecule has 1 atom stereocenters. The molecule has 1 aromatic heterocycles. The van der Waals surface area contributed by atoms with Crippen molar-refractivity contribution in [2.24, 2.45) is 0 Å². The number of aromatic nitrogens is 1. The number of aliphatic hydroxyl groups excluding tert-OH is 1. The Balaban J connectivity index is 1.72. The first-order valence-electron chi connectivity index (χ1n) is 9.95. The molecule has 0 bridgehead atoms. The first kappa shape index (κ1) is 21.1. The molecule has 3 aromatic rings. The monoisotopic (exact) mass is 435 g/mol. The number of carbonyl (C=O) groups is 2. The van der Waals surface area contributed by atoms with E-state index in [-0.39, 0.29) is 23.4 Å². The summed E-state index contributed by atoms with van der Waals surface area (Å²) in [6, 6.07) is 10.5.